The van der Waals surface area contributed by atoms with Gasteiger partial charge in [0.25, 0.3) is 0 Å². The van der Waals surface area contributed by atoms with Crippen molar-refractivity contribution in [2.75, 3.05) is 26.2 Å². The van der Waals surface area contributed by atoms with Crippen molar-refractivity contribution >= 4 is 0 Å². The van der Waals surface area contributed by atoms with Gasteiger partial charge in [0.2, 0.25) is 0 Å². The Morgan fingerprint density at radius 2 is 2.18 bits per heavy atom. The molecule has 2 heteroatoms. The highest BCUT2D eigenvalue weighted by molar-refractivity contribution is 4.93. The monoisotopic (exact) mass is 155 g/mol. The van der Waals surface area contributed by atoms with Crippen molar-refractivity contribution in [1.82, 2.24) is 4.90 Å². The second-order valence-electron chi connectivity index (χ2n) is 4.10. The van der Waals surface area contributed by atoms with Crippen LogP contribution < -0.4 is 0 Å². The molecule has 2 bridgehead atoms. The van der Waals surface area contributed by atoms with Crippen LogP contribution in [0.2, 0.25) is 0 Å². The van der Waals surface area contributed by atoms with Crippen LogP contribution >= 0.6 is 0 Å². The molecule has 1 N–H and O–H groups in total. The maximum atomic E-state index is 8.91. The average Bonchev–Trinajstić information content (AvgIpc) is 2.28. The van der Waals surface area contributed by atoms with Gasteiger partial charge in [0, 0.05) is 13.2 Å². The lowest BCUT2D eigenvalue weighted by atomic mass is 9.78. The van der Waals surface area contributed by atoms with Gasteiger partial charge in [-0.05, 0) is 44.2 Å². The summed E-state index contributed by atoms with van der Waals surface area (Å²) in [4.78, 5) is 2.54. The highest BCUT2D eigenvalue weighted by atomic mass is 16.3. The first-order valence-corrected chi connectivity index (χ1v) is 4.68. The van der Waals surface area contributed by atoms with Crippen molar-refractivity contribution in [3.05, 3.63) is 0 Å². The van der Waals surface area contributed by atoms with Crippen molar-refractivity contribution < 1.29 is 5.11 Å². The van der Waals surface area contributed by atoms with Gasteiger partial charge in [-0.1, -0.05) is 0 Å². The molecule has 2 fully saturated rings. The third-order valence-electron chi connectivity index (χ3n) is 3.34. The third kappa shape index (κ3) is 1.30. The zero-order valence-electron chi connectivity index (χ0n) is 7.05. The quantitative estimate of drug-likeness (QED) is 0.639. The van der Waals surface area contributed by atoms with E-state index < -0.39 is 0 Å². The van der Waals surface area contributed by atoms with E-state index in [1.54, 1.807) is 0 Å². The van der Waals surface area contributed by atoms with Crippen LogP contribution in [0, 0.1) is 5.41 Å². The van der Waals surface area contributed by atoms with E-state index in [1.807, 2.05) is 0 Å². The van der Waals surface area contributed by atoms with E-state index in [0.29, 0.717) is 12.0 Å². The van der Waals surface area contributed by atoms with Crippen molar-refractivity contribution in [2.45, 2.75) is 25.7 Å². The molecular weight excluding hydrogens is 138 g/mol. The van der Waals surface area contributed by atoms with Gasteiger partial charge >= 0.3 is 0 Å². The summed E-state index contributed by atoms with van der Waals surface area (Å²) in [5, 5.41) is 8.91. The number of fused-ring (bicyclic) bond motifs is 2. The second-order valence-corrected chi connectivity index (χ2v) is 4.10. The maximum Gasteiger partial charge on any atom is 0.0436 e. The van der Waals surface area contributed by atoms with Gasteiger partial charge in [-0.2, -0.15) is 0 Å². The molecule has 0 radical (unpaired) electrons. The number of aliphatic hydroxyl groups excluding tert-OH is 1. The Morgan fingerprint density at radius 1 is 1.27 bits per heavy atom. The molecule has 0 aromatic carbocycles. The van der Waals surface area contributed by atoms with E-state index >= 15 is 0 Å². The predicted octanol–water partition coefficient (Wildman–Crippen LogP) is 0.855. The van der Waals surface area contributed by atoms with Crippen molar-refractivity contribution in [3.8, 4) is 0 Å². The van der Waals surface area contributed by atoms with Crippen LogP contribution in [0.25, 0.3) is 0 Å². The molecule has 2 saturated heterocycles. The summed E-state index contributed by atoms with van der Waals surface area (Å²) in [6.07, 6.45) is 5.06. The maximum absolute atomic E-state index is 8.91. The van der Waals surface area contributed by atoms with Gasteiger partial charge in [0.15, 0.2) is 0 Å². The SMILES string of the molecule is OCCC12CCCN(CC1)C2. The summed E-state index contributed by atoms with van der Waals surface area (Å²) in [6.45, 7) is 4.22. The van der Waals surface area contributed by atoms with Crippen molar-refractivity contribution in [3.63, 3.8) is 0 Å². The van der Waals surface area contributed by atoms with Crippen LogP contribution in [0.15, 0.2) is 0 Å². The van der Waals surface area contributed by atoms with Gasteiger partial charge in [0.1, 0.15) is 0 Å². The fourth-order valence-electron chi connectivity index (χ4n) is 2.67. The first-order chi connectivity index (χ1) is 5.35. The normalized spacial score (nSPS) is 42.8. The van der Waals surface area contributed by atoms with Gasteiger partial charge in [-0.15, -0.1) is 0 Å². The topological polar surface area (TPSA) is 23.5 Å². The lowest BCUT2D eigenvalue weighted by Gasteiger charge is -2.33. The lowest BCUT2D eigenvalue weighted by Crippen LogP contribution is -2.34. The van der Waals surface area contributed by atoms with Crippen molar-refractivity contribution in [2.24, 2.45) is 5.41 Å². The number of aliphatic hydroxyl groups is 1. The summed E-state index contributed by atoms with van der Waals surface area (Å²) in [5.74, 6) is 0. The van der Waals surface area contributed by atoms with E-state index in [0.717, 1.165) is 6.42 Å². The Labute approximate surface area is 68.2 Å². The summed E-state index contributed by atoms with van der Waals surface area (Å²) in [6, 6.07) is 0. The molecule has 2 unspecified atom stereocenters. The molecular formula is C9H17NO. The molecule has 2 aliphatic heterocycles. The lowest BCUT2D eigenvalue weighted by molar-refractivity contribution is 0.135. The molecule has 2 nitrogen and oxygen atoms in total. The van der Waals surface area contributed by atoms with Gasteiger partial charge < -0.3 is 10.0 Å². The van der Waals surface area contributed by atoms with Crippen LogP contribution in [0.1, 0.15) is 25.7 Å². The molecule has 0 aliphatic carbocycles. The number of hydrogen-bond donors (Lipinski definition) is 1. The Kier molecular flexibility index (Phi) is 1.90. The minimum atomic E-state index is 0.383. The van der Waals surface area contributed by atoms with Gasteiger partial charge in [-0.25, -0.2) is 0 Å². The Hall–Kier alpha value is -0.0800. The molecule has 2 aliphatic rings. The molecule has 2 atom stereocenters. The van der Waals surface area contributed by atoms with Crippen LogP contribution in [0.4, 0.5) is 0 Å². The van der Waals surface area contributed by atoms with E-state index in [1.165, 1.54) is 38.9 Å². The summed E-state index contributed by atoms with van der Waals surface area (Å²) < 4.78 is 0. The molecule has 2 rings (SSSR count). The standard InChI is InChI=1S/C9H17NO/c11-7-4-9-2-1-5-10(8-9)6-3-9/h11H,1-8H2. The molecule has 2 heterocycles. The smallest absolute Gasteiger partial charge is 0.0436 e. The number of hydrogen-bond acceptors (Lipinski definition) is 2. The first-order valence-electron chi connectivity index (χ1n) is 4.68. The second kappa shape index (κ2) is 2.76. The van der Waals surface area contributed by atoms with E-state index in [-0.39, 0.29) is 0 Å². The van der Waals surface area contributed by atoms with Gasteiger partial charge in [-0.3, -0.25) is 0 Å². The number of piperidine rings is 1. The highest BCUT2D eigenvalue weighted by Gasteiger charge is 2.39. The first kappa shape index (κ1) is 7.56. The Balaban J connectivity index is 2.01. The number of rotatable bonds is 2. The molecule has 0 spiro atoms. The van der Waals surface area contributed by atoms with Crippen LogP contribution in [0.5, 0.6) is 0 Å². The highest BCUT2D eigenvalue weighted by Crippen LogP contribution is 2.41. The van der Waals surface area contributed by atoms with Gasteiger partial charge in [0.05, 0.1) is 0 Å². The van der Waals surface area contributed by atoms with Crippen molar-refractivity contribution in [1.29, 1.82) is 0 Å². The summed E-state index contributed by atoms with van der Waals surface area (Å²) in [7, 11) is 0. The molecule has 64 valence electrons. The van der Waals surface area contributed by atoms with E-state index in [9.17, 15) is 0 Å². The summed E-state index contributed by atoms with van der Waals surface area (Å²) in [5.41, 5.74) is 0.521. The largest absolute Gasteiger partial charge is 0.396 e. The van der Waals surface area contributed by atoms with Crippen LogP contribution in [0.3, 0.4) is 0 Å². The molecule has 0 saturated carbocycles. The van der Waals surface area contributed by atoms with E-state index in [4.69, 9.17) is 5.11 Å². The third-order valence-corrected chi connectivity index (χ3v) is 3.34. The Bertz CT molecular complexity index is 139. The van der Waals surface area contributed by atoms with Crippen LogP contribution in [-0.4, -0.2) is 36.2 Å². The zero-order chi connectivity index (χ0) is 7.73. The fourth-order valence-corrected chi connectivity index (χ4v) is 2.67. The predicted molar refractivity (Wildman–Crippen MR) is 44.4 cm³/mol. The molecule has 0 amide bonds. The average molecular weight is 155 g/mol. The molecule has 0 aromatic heterocycles. The minimum absolute atomic E-state index is 0.383. The minimum Gasteiger partial charge on any atom is -0.396 e. The summed E-state index contributed by atoms with van der Waals surface area (Å²) >= 11 is 0. The number of nitrogens with zero attached hydrogens (tertiary/aromatic N) is 1. The fraction of sp³-hybridized carbons (Fsp3) is 1.00. The zero-order valence-corrected chi connectivity index (χ0v) is 7.05. The molecule has 11 heavy (non-hydrogen) atoms. The Morgan fingerprint density at radius 3 is 3.00 bits per heavy atom. The van der Waals surface area contributed by atoms with E-state index in [2.05, 4.69) is 4.90 Å². The van der Waals surface area contributed by atoms with Crippen LogP contribution in [-0.2, 0) is 0 Å². The molecule has 0 aromatic rings.